The van der Waals surface area contributed by atoms with E-state index in [4.69, 9.17) is 11.0 Å². The molecule has 1 amide bonds. The molecule has 1 aromatic rings. The Labute approximate surface area is 102 Å². The molecule has 4 heteroatoms. The third-order valence-electron chi connectivity index (χ3n) is 2.89. The van der Waals surface area contributed by atoms with Gasteiger partial charge in [0, 0.05) is 18.8 Å². The van der Waals surface area contributed by atoms with E-state index in [0.29, 0.717) is 5.56 Å². The lowest BCUT2D eigenvalue weighted by Crippen LogP contribution is -2.39. The van der Waals surface area contributed by atoms with Crippen molar-refractivity contribution >= 4 is 11.6 Å². The summed E-state index contributed by atoms with van der Waals surface area (Å²) in [5, 5.41) is 8.69. The number of anilines is 1. The topological polar surface area (TPSA) is 70.1 Å². The van der Waals surface area contributed by atoms with Crippen LogP contribution >= 0.6 is 0 Å². The van der Waals surface area contributed by atoms with Crippen molar-refractivity contribution in [2.24, 2.45) is 11.7 Å². The van der Waals surface area contributed by atoms with Crippen LogP contribution in [0.4, 0.5) is 5.69 Å². The van der Waals surface area contributed by atoms with Crippen LogP contribution in [-0.4, -0.2) is 19.0 Å². The Morgan fingerprint density at radius 3 is 2.29 bits per heavy atom. The van der Waals surface area contributed by atoms with Crippen LogP contribution in [0.15, 0.2) is 24.3 Å². The van der Waals surface area contributed by atoms with Gasteiger partial charge < -0.3 is 10.6 Å². The fraction of sp³-hybridized carbons (Fsp3) is 0.385. The second-order valence-corrected chi connectivity index (χ2v) is 4.20. The van der Waals surface area contributed by atoms with E-state index in [1.807, 2.05) is 19.9 Å². The average Bonchev–Trinajstić information content (AvgIpc) is 2.36. The molecular weight excluding hydrogens is 214 g/mol. The minimum absolute atomic E-state index is 0.0234. The molecule has 0 saturated heterocycles. The number of amides is 1. The number of carbonyl (C=O) groups excluding carboxylic acids is 1. The van der Waals surface area contributed by atoms with Gasteiger partial charge in [-0.15, -0.1) is 0 Å². The highest BCUT2D eigenvalue weighted by Gasteiger charge is 2.21. The molecule has 0 aromatic heterocycles. The highest BCUT2D eigenvalue weighted by atomic mass is 16.2. The predicted molar refractivity (Wildman–Crippen MR) is 67.4 cm³/mol. The van der Waals surface area contributed by atoms with Gasteiger partial charge in [-0.2, -0.15) is 5.26 Å². The maximum atomic E-state index is 12.0. The summed E-state index contributed by atoms with van der Waals surface area (Å²) < 4.78 is 0. The Bertz CT molecular complexity index is 431. The lowest BCUT2D eigenvalue weighted by Gasteiger charge is -2.23. The number of carbonyl (C=O) groups is 1. The largest absolute Gasteiger partial charge is 0.327 e. The zero-order valence-corrected chi connectivity index (χ0v) is 10.3. The summed E-state index contributed by atoms with van der Waals surface area (Å²) in [7, 11) is 1.71. The maximum absolute atomic E-state index is 12.0. The lowest BCUT2D eigenvalue weighted by atomic mass is 10.0. The number of nitrogens with zero attached hydrogens (tertiary/aromatic N) is 2. The van der Waals surface area contributed by atoms with E-state index in [0.717, 1.165) is 5.69 Å². The molecule has 0 saturated carbocycles. The van der Waals surface area contributed by atoms with Crippen molar-refractivity contribution in [3.05, 3.63) is 29.8 Å². The molecule has 0 aliphatic carbocycles. The van der Waals surface area contributed by atoms with Crippen molar-refractivity contribution in [1.82, 2.24) is 0 Å². The number of hydrogen-bond donors (Lipinski definition) is 1. The summed E-state index contributed by atoms with van der Waals surface area (Å²) in [5.74, 6) is -0.250. The molecule has 4 nitrogen and oxygen atoms in total. The molecule has 0 fully saturated rings. The second-order valence-electron chi connectivity index (χ2n) is 4.20. The molecule has 90 valence electrons. The van der Waals surface area contributed by atoms with Crippen LogP contribution in [0.1, 0.15) is 19.4 Å². The fourth-order valence-corrected chi connectivity index (χ4v) is 1.42. The van der Waals surface area contributed by atoms with Crippen molar-refractivity contribution in [2.75, 3.05) is 11.9 Å². The Kier molecular flexibility index (Phi) is 4.24. The predicted octanol–water partition coefficient (Wildman–Crippen LogP) is 1.50. The van der Waals surface area contributed by atoms with Gasteiger partial charge in [0.05, 0.1) is 17.6 Å². The van der Waals surface area contributed by atoms with Crippen molar-refractivity contribution in [2.45, 2.75) is 19.9 Å². The Balaban J connectivity index is 2.85. The summed E-state index contributed by atoms with van der Waals surface area (Å²) in [6.45, 7) is 3.63. The highest BCUT2D eigenvalue weighted by Crippen LogP contribution is 2.16. The number of benzene rings is 1. The fourth-order valence-electron chi connectivity index (χ4n) is 1.42. The summed E-state index contributed by atoms with van der Waals surface area (Å²) >= 11 is 0. The minimum Gasteiger partial charge on any atom is -0.327 e. The van der Waals surface area contributed by atoms with E-state index in [1.165, 1.54) is 0 Å². The number of hydrogen-bond acceptors (Lipinski definition) is 3. The first-order chi connectivity index (χ1) is 7.97. The monoisotopic (exact) mass is 231 g/mol. The van der Waals surface area contributed by atoms with Crippen LogP contribution in [0.3, 0.4) is 0 Å². The van der Waals surface area contributed by atoms with Crippen LogP contribution in [0.25, 0.3) is 0 Å². The summed E-state index contributed by atoms with van der Waals surface area (Å²) in [6.07, 6.45) is 0. The van der Waals surface area contributed by atoms with Gasteiger partial charge in [-0.25, -0.2) is 0 Å². The smallest absolute Gasteiger partial charge is 0.231 e. The van der Waals surface area contributed by atoms with Crippen LogP contribution in [-0.2, 0) is 4.79 Å². The minimum atomic E-state index is -0.226. The molecule has 0 aliphatic rings. The molecule has 2 N–H and O–H groups in total. The van der Waals surface area contributed by atoms with Gasteiger partial charge in [0.1, 0.15) is 0 Å². The van der Waals surface area contributed by atoms with E-state index in [9.17, 15) is 4.79 Å². The number of rotatable bonds is 3. The Morgan fingerprint density at radius 1 is 1.35 bits per heavy atom. The zero-order chi connectivity index (χ0) is 13.0. The van der Waals surface area contributed by atoms with Gasteiger partial charge in [-0.1, -0.05) is 6.92 Å². The first-order valence-corrected chi connectivity index (χ1v) is 5.50. The van der Waals surface area contributed by atoms with Gasteiger partial charge in [-0.05, 0) is 31.2 Å². The number of nitrogens with two attached hydrogens (primary N) is 1. The standard InChI is InChI=1S/C13H17N3O/c1-9(10(2)15)13(17)16(3)12-6-4-11(8-14)5-7-12/h4-7,9-10H,15H2,1-3H3. The van der Waals surface area contributed by atoms with Gasteiger partial charge in [-0.3, -0.25) is 4.79 Å². The van der Waals surface area contributed by atoms with Gasteiger partial charge in [0.15, 0.2) is 0 Å². The van der Waals surface area contributed by atoms with E-state index in [1.54, 1.807) is 36.2 Å². The van der Waals surface area contributed by atoms with E-state index < -0.39 is 0 Å². The Hall–Kier alpha value is -1.86. The zero-order valence-electron chi connectivity index (χ0n) is 10.3. The molecule has 2 unspecified atom stereocenters. The lowest BCUT2D eigenvalue weighted by molar-refractivity contribution is -0.122. The summed E-state index contributed by atoms with van der Waals surface area (Å²) in [6, 6.07) is 8.75. The van der Waals surface area contributed by atoms with Crippen molar-refractivity contribution < 1.29 is 4.79 Å². The molecular formula is C13H17N3O. The van der Waals surface area contributed by atoms with E-state index in [-0.39, 0.29) is 17.9 Å². The van der Waals surface area contributed by atoms with Crippen LogP contribution in [0.5, 0.6) is 0 Å². The normalized spacial score (nSPS) is 13.6. The summed E-state index contributed by atoms with van der Waals surface area (Å²) in [5.41, 5.74) is 7.05. The molecule has 17 heavy (non-hydrogen) atoms. The quantitative estimate of drug-likeness (QED) is 0.857. The molecule has 0 bridgehead atoms. The van der Waals surface area contributed by atoms with E-state index in [2.05, 4.69) is 0 Å². The molecule has 0 heterocycles. The SMILES string of the molecule is CC(N)C(C)C(=O)N(C)c1ccc(C#N)cc1. The van der Waals surface area contributed by atoms with Crippen LogP contribution in [0, 0.1) is 17.2 Å². The maximum Gasteiger partial charge on any atom is 0.231 e. The Morgan fingerprint density at radius 2 is 1.88 bits per heavy atom. The third-order valence-corrected chi connectivity index (χ3v) is 2.89. The van der Waals surface area contributed by atoms with Gasteiger partial charge >= 0.3 is 0 Å². The van der Waals surface area contributed by atoms with Crippen LogP contribution < -0.4 is 10.6 Å². The highest BCUT2D eigenvalue weighted by molar-refractivity contribution is 5.94. The molecule has 2 atom stereocenters. The summed E-state index contributed by atoms with van der Waals surface area (Å²) in [4.78, 5) is 13.6. The van der Waals surface area contributed by atoms with Crippen LogP contribution in [0.2, 0.25) is 0 Å². The number of nitriles is 1. The van der Waals surface area contributed by atoms with Crippen molar-refractivity contribution in [3.8, 4) is 6.07 Å². The van der Waals surface area contributed by atoms with Gasteiger partial charge in [0.2, 0.25) is 5.91 Å². The molecule has 0 aliphatic heterocycles. The van der Waals surface area contributed by atoms with Gasteiger partial charge in [0.25, 0.3) is 0 Å². The molecule has 0 radical (unpaired) electrons. The average molecular weight is 231 g/mol. The third kappa shape index (κ3) is 3.05. The first-order valence-electron chi connectivity index (χ1n) is 5.50. The van der Waals surface area contributed by atoms with E-state index >= 15 is 0 Å². The second kappa shape index (κ2) is 5.46. The molecule has 1 aromatic carbocycles. The molecule has 1 rings (SSSR count). The first kappa shape index (κ1) is 13.2. The van der Waals surface area contributed by atoms with Crippen molar-refractivity contribution in [3.63, 3.8) is 0 Å². The molecule has 0 spiro atoms. The van der Waals surface area contributed by atoms with Crippen molar-refractivity contribution in [1.29, 1.82) is 5.26 Å².